The largest absolute Gasteiger partial charge is 0.374 e. The Bertz CT molecular complexity index is 209. The molecule has 1 saturated heterocycles. The Morgan fingerprint density at radius 1 is 1.69 bits per heavy atom. The van der Waals surface area contributed by atoms with Gasteiger partial charge in [0.2, 0.25) is 0 Å². The van der Waals surface area contributed by atoms with Crippen molar-refractivity contribution in [2.75, 3.05) is 25.6 Å². The van der Waals surface area contributed by atoms with Crippen LogP contribution in [0.4, 0.5) is 0 Å². The predicted molar refractivity (Wildman–Crippen MR) is 54.9 cm³/mol. The van der Waals surface area contributed by atoms with Gasteiger partial charge in [0, 0.05) is 19.0 Å². The van der Waals surface area contributed by atoms with E-state index in [1.807, 2.05) is 13.8 Å². The summed E-state index contributed by atoms with van der Waals surface area (Å²) in [6.45, 7) is 6.54. The smallest absolute Gasteiger partial charge is 0.0838 e. The molecule has 1 aliphatic heterocycles. The van der Waals surface area contributed by atoms with Crippen LogP contribution in [0, 0.1) is 12.3 Å². The molecule has 0 radical (unpaired) electrons. The number of ether oxygens (including phenoxy) is 1. The second kappa shape index (κ2) is 4.32. The molecule has 0 aromatic heterocycles. The summed E-state index contributed by atoms with van der Waals surface area (Å²) in [5, 5.41) is 0. The maximum absolute atomic E-state index is 5.74. The fraction of sp³-hybridized carbons (Fsp3) is 0.800. The monoisotopic (exact) mass is 201 g/mol. The molecule has 0 bridgehead atoms. The molecular weight excluding hydrogens is 186 g/mol. The maximum Gasteiger partial charge on any atom is 0.0838 e. The first kappa shape index (κ1) is 10.8. The van der Waals surface area contributed by atoms with Crippen molar-refractivity contribution in [3.05, 3.63) is 0 Å². The van der Waals surface area contributed by atoms with Crippen LogP contribution in [0.25, 0.3) is 0 Å². The Morgan fingerprint density at radius 2 is 2.38 bits per heavy atom. The third-order valence-electron chi connectivity index (χ3n) is 2.45. The third kappa shape index (κ3) is 2.60. The highest BCUT2D eigenvalue weighted by molar-refractivity contribution is 6.18. The van der Waals surface area contributed by atoms with Crippen molar-refractivity contribution < 1.29 is 4.74 Å². The predicted octanol–water partition coefficient (Wildman–Crippen LogP) is 1.34. The van der Waals surface area contributed by atoms with E-state index < -0.39 is 0 Å². The second-order valence-corrected chi connectivity index (χ2v) is 4.11. The minimum Gasteiger partial charge on any atom is -0.374 e. The number of alkyl halides is 1. The molecule has 0 aliphatic carbocycles. The Labute approximate surface area is 85.2 Å². The number of hydrogen-bond donors (Lipinski definition) is 0. The molecule has 0 aromatic carbocycles. The molecule has 0 amide bonds. The molecule has 1 fully saturated rings. The summed E-state index contributed by atoms with van der Waals surface area (Å²) in [7, 11) is 0. The molecule has 1 atom stereocenters. The van der Waals surface area contributed by atoms with Crippen LogP contribution in [0.2, 0.25) is 0 Å². The highest BCUT2D eigenvalue weighted by Gasteiger charge is 2.29. The topological polar surface area (TPSA) is 12.5 Å². The minimum absolute atomic E-state index is 0.128. The van der Waals surface area contributed by atoms with E-state index in [1.54, 1.807) is 0 Å². The zero-order valence-corrected chi connectivity index (χ0v) is 8.97. The van der Waals surface area contributed by atoms with E-state index in [4.69, 9.17) is 22.8 Å². The molecule has 0 N–H and O–H groups in total. The van der Waals surface area contributed by atoms with Gasteiger partial charge in [-0.05, 0) is 13.8 Å². The summed E-state index contributed by atoms with van der Waals surface area (Å²) >= 11 is 5.74. The molecule has 0 spiro atoms. The van der Waals surface area contributed by atoms with Gasteiger partial charge in [0.1, 0.15) is 0 Å². The van der Waals surface area contributed by atoms with Gasteiger partial charge < -0.3 is 4.74 Å². The summed E-state index contributed by atoms with van der Waals surface area (Å²) in [4.78, 5) is 2.24. The minimum atomic E-state index is -0.186. The number of hydrogen-bond acceptors (Lipinski definition) is 2. The molecule has 13 heavy (non-hydrogen) atoms. The molecule has 1 unspecified atom stereocenters. The maximum atomic E-state index is 5.74. The lowest BCUT2D eigenvalue weighted by Gasteiger charge is -2.40. The molecule has 0 saturated carbocycles. The van der Waals surface area contributed by atoms with Crippen molar-refractivity contribution in [2.24, 2.45) is 0 Å². The lowest BCUT2D eigenvalue weighted by Crippen LogP contribution is -2.52. The highest BCUT2D eigenvalue weighted by Crippen LogP contribution is 2.17. The van der Waals surface area contributed by atoms with Crippen LogP contribution in [0.5, 0.6) is 0 Å². The third-order valence-corrected chi connectivity index (χ3v) is 2.80. The molecule has 1 aliphatic rings. The van der Waals surface area contributed by atoms with Crippen molar-refractivity contribution in [1.29, 1.82) is 0 Å². The summed E-state index contributed by atoms with van der Waals surface area (Å²) in [5.41, 5.74) is -0.186. The number of halogens is 1. The molecule has 3 heteroatoms. The second-order valence-electron chi connectivity index (χ2n) is 3.80. The van der Waals surface area contributed by atoms with E-state index in [-0.39, 0.29) is 11.6 Å². The summed E-state index contributed by atoms with van der Waals surface area (Å²) in [5.74, 6) is 3.32. The Kier molecular flexibility index (Phi) is 3.61. The van der Waals surface area contributed by atoms with E-state index in [2.05, 4.69) is 10.8 Å². The zero-order chi connectivity index (χ0) is 9.90. The van der Waals surface area contributed by atoms with Gasteiger partial charge in [-0.15, -0.1) is 18.0 Å². The lowest BCUT2D eigenvalue weighted by atomic mass is 10.0. The van der Waals surface area contributed by atoms with Crippen molar-refractivity contribution in [3.63, 3.8) is 0 Å². The van der Waals surface area contributed by atoms with Crippen molar-refractivity contribution >= 4 is 11.6 Å². The Balaban J connectivity index is 2.57. The van der Waals surface area contributed by atoms with E-state index in [1.165, 1.54) is 0 Å². The molecule has 0 aromatic rings. The van der Waals surface area contributed by atoms with Crippen LogP contribution < -0.4 is 0 Å². The first-order valence-corrected chi connectivity index (χ1v) is 5.04. The van der Waals surface area contributed by atoms with Crippen molar-refractivity contribution in [2.45, 2.75) is 25.5 Å². The average Bonchev–Trinajstić information content (AvgIpc) is 2.18. The van der Waals surface area contributed by atoms with Gasteiger partial charge in [-0.3, -0.25) is 4.90 Å². The average molecular weight is 202 g/mol. The van der Waals surface area contributed by atoms with Gasteiger partial charge in [0.05, 0.1) is 18.2 Å². The number of nitrogens with zero attached hydrogens (tertiary/aromatic N) is 1. The van der Waals surface area contributed by atoms with Crippen LogP contribution in [-0.4, -0.2) is 42.1 Å². The lowest BCUT2D eigenvalue weighted by molar-refractivity contribution is -0.0395. The molecule has 1 heterocycles. The number of morpholine rings is 1. The molecule has 74 valence electrons. The highest BCUT2D eigenvalue weighted by atomic mass is 35.5. The Morgan fingerprint density at radius 3 is 2.92 bits per heavy atom. The molecule has 1 rings (SSSR count). The van der Waals surface area contributed by atoms with Crippen molar-refractivity contribution in [3.8, 4) is 12.3 Å². The van der Waals surface area contributed by atoms with Gasteiger partial charge in [0.25, 0.3) is 0 Å². The fourth-order valence-corrected chi connectivity index (χ4v) is 1.60. The normalized spacial score (nSPS) is 25.5. The quantitative estimate of drug-likeness (QED) is 0.494. The summed E-state index contributed by atoms with van der Waals surface area (Å²) < 4.78 is 5.45. The number of rotatable bonds is 2. The van der Waals surface area contributed by atoms with Gasteiger partial charge >= 0.3 is 0 Å². The van der Waals surface area contributed by atoms with Crippen LogP contribution in [0.15, 0.2) is 0 Å². The van der Waals surface area contributed by atoms with E-state index in [0.717, 1.165) is 19.7 Å². The van der Waals surface area contributed by atoms with Gasteiger partial charge in [-0.25, -0.2) is 0 Å². The standard InChI is InChI=1S/C10H16ClNO/c1-4-10(2,3)12-5-6-13-9(7-11)8-12/h1,9H,5-8H2,2-3H3. The first-order valence-electron chi connectivity index (χ1n) is 4.50. The van der Waals surface area contributed by atoms with E-state index >= 15 is 0 Å². The Hall–Kier alpha value is -0.230. The van der Waals surface area contributed by atoms with Gasteiger partial charge in [0.15, 0.2) is 0 Å². The first-order chi connectivity index (χ1) is 6.10. The SMILES string of the molecule is C#CC(C)(C)N1CCOC(CCl)C1. The van der Waals surface area contributed by atoms with Gasteiger partial charge in [-0.1, -0.05) is 5.92 Å². The van der Waals surface area contributed by atoms with Crippen LogP contribution in [0.3, 0.4) is 0 Å². The van der Waals surface area contributed by atoms with Crippen LogP contribution >= 0.6 is 11.6 Å². The molecule has 2 nitrogen and oxygen atoms in total. The van der Waals surface area contributed by atoms with Crippen LogP contribution in [-0.2, 0) is 4.74 Å². The van der Waals surface area contributed by atoms with E-state index in [9.17, 15) is 0 Å². The van der Waals surface area contributed by atoms with Crippen LogP contribution in [0.1, 0.15) is 13.8 Å². The van der Waals surface area contributed by atoms with Gasteiger partial charge in [-0.2, -0.15) is 0 Å². The van der Waals surface area contributed by atoms with Crippen molar-refractivity contribution in [1.82, 2.24) is 4.90 Å². The zero-order valence-electron chi connectivity index (χ0n) is 8.22. The molecular formula is C10H16ClNO. The van der Waals surface area contributed by atoms with E-state index in [0.29, 0.717) is 5.88 Å². The summed E-state index contributed by atoms with van der Waals surface area (Å²) in [6, 6.07) is 0. The number of terminal acetylenes is 1. The summed E-state index contributed by atoms with van der Waals surface area (Å²) in [6.07, 6.45) is 5.59. The fourth-order valence-electron chi connectivity index (χ4n) is 1.41.